The third-order valence-corrected chi connectivity index (χ3v) is 3.26. The first kappa shape index (κ1) is 18.3. The number of nitrogens with one attached hydrogen (secondary N) is 3. The number of rotatable bonds is 7. The highest BCUT2D eigenvalue weighted by Crippen LogP contribution is 2.09. The van der Waals surface area contributed by atoms with E-state index in [0.29, 0.717) is 18.0 Å². The van der Waals surface area contributed by atoms with Crippen LogP contribution in [0.2, 0.25) is 0 Å². The molecule has 2 rings (SSSR count). The van der Waals surface area contributed by atoms with Crippen LogP contribution in [-0.4, -0.2) is 42.1 Å². The number of carboxylic acids is 1. The van der Waals surface area contributed by atoms with Gasteiger partial charge < -0.3 is 15.4 Å². The number of hydrogen-bond acceptors (Lipinski definition) is 6. The number of carbonyl (C=O) groups is 2. The summed E-state index contributed by atoms with van der Waals surface area (Å²) in [6, 6.07) is 0.957. The summed E-state index contributed by atoms with van der Waals surface area (Å²) >= 11 is 0. The van der Waals surface area contributed by atoms with Gasteiger partial charge in [-0.3, -0.25) is 14.7 Å². The first-order chi connectivity index (χ1) is 11.7. The van der Waals surface area contributed by atoms with Crippen molar-refractivity contribution in [3.63, 3.8) is 0 Å². The molecule has 1 atom stereocenters. The standard InChI is InChI=1S/C15H20N6O4/c1-7(2)4-9-5-10(18-15(25)17-9)14(24)16-8(3)13-19-11(20-21-13)6-12(22)23/h5,7-8H,4,6H2,1-3H3,(H,16,24)(H,22,23)(H,17,18,25)(H,19,20,21). The van der Waals surface area contributed by atoms with Gasteiger partial charge in [-0.25, -0.2) is 9.78 Å². The SMILES string of the molecule is CC(C)Cc1cc(C(=O)NC(C)c2n[nH]c(CC(=O)O)n2)nc(=O)[nH]1. The van der Waals surface area contributed by atoms with Gasteiger partial charge in [0.25, 0.3) is 5.91 Å². The minimum atomic E-state index is -1.04. The summed E-state index contributed by atoms with van der Waals surface area (Å²) in [7, 11) is 0. The van der Waals surface area contributed by atoms with Gasteiger partial charge in [0.1, 0.15) is 17.9 Å². The Balaban J connectivity index is 2.10. The van der Waals surface area contributed by atoms with Gasteiger partial charge in [0, 0.05) is 5.69 Å². The Hall–Kier alpha value is -3.04. The molecule has 0 spiro atoms. The number of carbonyl (C=O) groups excluding carboxylic acids is 1. The van der Waals surface area contributed by atoms with Gasteiger partial charge in [-0.15, -0.1) is 0 Å². The fourth-order valence-electron chi connectivity index (χ4n) is 2.24. The molecule has 2 aromatic heterocycles. The lowest BCUT2D eigenvalue weighted by atomic mass is 10.1. The molecule has 10 heteroatoms. The molecule has 0 fully saturated rings. The Morgan fingerprint density at radius 1 is 1.28 bits per heavy atom. The zero-order valence-corrected chi connectivity index (χ0v) is 14.2. The second-order valence-electron chi connectivity index (χ2n) is 6.10. The Labute approximate surface area is 143 Å². The van der Waals surface area contributed by atoms with Crippen LogP contribution in [-0.2, 0) is 17.6 Å². The monoisotopic (exact) mass is 348 g/mol. The molecule has 0 aliphatic rings. The van der Waals surface area contributed by atoms with E-state index in [1.165, 1.54) is 6.07 Å². The van der Waals surface area contributed by atoms with Gasteiger partial charge in [-0.1, -0.05) is 13.8 Å². The number of aromatic amines is 2. The highest BCUT2D eigenvalue weighted by molar-refractivity contribution is 5.92. The first-order valence-corrected chi connectivity index (χ1v) is 7.78. The van der Waals surface area contributed by atoms with Crippen LogP contribution in [0, 0.1) is 5.92 Å². The van der Waals surface area contributed by atoms with Crippen molar-refractivity contribution in [2.45, 2.75) is 39.7 Å². The summed E-state index contributed by atoms with van der Waals surface area (Å²) in [6.07, 6.45) is 0.328. The number of carboxylic acid groups (broad SMARTS) is 1. The number of amides is 1. The quantitative estimate of drug-likeness (QED) is 0.557. The third-order valence-electron chi connectivity index (χ3n) is 3.26. The second kappa shape index (κ2) is 7.69. The normalized spacial score (nSPS) is 12.2. The molecular weight excluding hydrogens is 328 g/mol. The van der Waals surface area contributed by atoms with Gasteiger partial charge in [0.2, 0.25) is 0 Å². The minimum Gasteiger partial charge on any atom is -0.481 e. The van der Waals surface area contributed by atoms with Crippen molar-refractivity contribution in [3.8, 4) is 0 Å². The average molecular weight is 348 g/mol. The van der Waals surface area contributed by atoms with E-state index in [1.807, 2.05) is 13.8 Å². The van der Waals surface area contributed by atoms with E-state index >= 15 is 0 Å². The highest BCUT2D eigenvalue weighted by Gasteiger charge is 2.18. The Bertz CT molecular complexity index is 825. The maximum absolute atomic E-state index is 12.3. The molecule has 0 radical (unpaired) electrons. The zero-order chi connectivity index (χ0) is 18.6. The average Bonchev–Trinajstić information content (AvgIpc) is 2.93. The lowest BCUT2D eigenvalue weighted by molar-refractivity contribution is -0.136. The van der Waals surface area contributed by atoms with E-state index in [0.717, 1.165) is 0 Å². The topological polar surface area (TPSA) is 154 Å². The zero-order valence-electron chi connectivity index (χ0n) is 14.2. The summed E-state index contributed by atoms with van der Waals surface area (Å²) in [6.45, 7) is 5.64. The smallest absolute Gasteiger partial charge is 0.345 e. The molecule has 0 bridgehead atoms. The van der Waals surface area contributed by atoms with Gasteiger partial charge >= 0.3 is 11.7 Å². The van der Waals surface area contributed by atoms with Crippen molar-refractivity contribution < 1.29 is 14.7 Å². The summed E-state index contributed by atoms with van der Waals surface area (Å²) in [5.74, 6) is -0.819. The number of aliphatic carboxylic acids is 1. The summed E-state index contributed by atoms with van der Waals surface area (Å²) < 4.78 is 0. The molecule has 134 valence electrons. The summed E-state index contributed by atoms with van der Waals surface area (Å²) in [5, 5.41) is 17.8. The van der Waals surface area contributed by atoms with Gasteiger partial charge in [0.05, 0.1) is 6.04 Å². The molecule has 2 aromatic rings. The maximum atomic E-state index is 12.3. The largest absolute Gasteiger partial charge is 0.481 e. The molecule has 0 aliphatic carbocycles. The molecule has 25 heavy (non-hydrogen) atoms. The molecule has 1 amide bonds. The predicted molar refractivity (Wildman–Crippen MR) is 87.0 cm³/mol. The van der Waals surface area contributed by atoms with Gasteiger partial charge in [-0.2, -0.15) is 10.1 Å². The van der Waals surface area contributed by atoms with Crippen LogP contribution in [0.15, 0.2) is 10.9 Å². The lowest BCUT2D eigenvalue weighted by Crippen LogP contribution is -2.30. The van der Waals surface area contributed by atoms with Crippen molar-refractivity contribution >= 4 is 11.9 Å². The van der Waals surface area contributed by atoms with E-state index in [2.05, 4.69) is 30.5 Å². The molecule has 2 heterocycles. The minimum absolute atomic E-state index is 0.00699. The first-order valence-electron chi connectivity index (χ1n) is 7.78. The van der Waals surface area contributed by atoms with Crippen LogP contribution < -0.4 is 11.0 Å². The van der Waals surface area contributed by atoms with Crippen LogP contribution in [0.1, 0.15) is 54.6 Å². The fourth-order valence-corrected chi connectivity index (χ4v) is 2.24. The Morgan fingerprint density at radius 3 is 2.64 bits per heavy atom. The van der Waals surface area contributed by atoms with E-state index in [4.69, 9.17) is 5.11 Å². The van der Waals surface area contributed by atoms with E-state index in [9.17, 15) is 14.4 Å². The number of hydrogen-bond donors (Lipinski definition) is 4. The van der Waals surface area contributed by atoms with Crippen LogP contribution in [0.3, 0.4) is 0 Å². The molecule has 4 N–H and O–H groups in total. The number of nitrogens with zero attached hydrogens (tertiary/aromatic N) is 3. The number of aromatic nitrogens is 5. The predicted octanol–water partition coefficient (Wildman–Crippen LogP) is 0.205. The van der Waals surface area contributed by atoms with Crippen molar-refractivity contribution in [2.75, 3.05) is 0 Å². The van der Waals surface area contributed by atoms with Gasteiger partial charge in [0.15, 0.2) is 5.82 Å². The lowest BCUT2D eigenvalue weighted by Gasteiger charge is -2.11. The number of H-pyrrole nitrogens is 2. The van der Waals surface area contributed by atoms with E-state index in [1.54, 1.807) is 6.92 Å². The molecule has 0 aliphatic heterocycles. The summed E-state index contributed by atoms with van der Waals surface area (Å²) in [5.41, 5.74) is 0.0552. The second-order valence-corrected chi connectivity index (χ2v) is 6.10. The fraction of sp³-hybridized carbons (Fsp3) is 0.467. The molecular formula is C15H20N6O4. The molecule has 0 saturated carbocycles. The molecule has 0 saturated heterocycles. The van der Waals surface area contributed by atoms with E-state index < -0.39 is 23.6 Å². The van der Waals surface area contributed by atoms with Crippen molar-refractivity contribution in [2.24, 2.45) is 5.92 Å². The maximum Gasteiger partial charge on any atom is 0.345 e. The van der Waals surface area contributed by atoms with Crippen LogP contribution in [0.4, 0.5) is 0 Å². The molecule has 1 unspecified atom stereocenters. The van der Waals surface area contributed by atoms with E-state index in [-0.39, 0.29) is 23.8 Å². The van der Waals surface area contributed by atoms with Crippen LogP contribution in [0.25, 0.3) is 0 Å². The van der Waals surface area contributed by atoms with Crippen LogP contribution in [0.5, 0.6) is 0 Å². The van der Waals surface area contributed by atoms with Gasteiger partial charge in [-0.05, 0) is 25.3 Å². The van der Waals surface area contributed by atoms with Crippen molar-refractivity contribution in [1.29, 1.82) is 0 Å². The van der Waals surface area contributed by atoms with Crippen LogP contribution >= 0.6 is 0 Å². The van der Waals surface area contributed by atoms with Crippen molar-refractivity contribution in [1.82, 2.24) is 30.5 Å². The third kappa shape index (κ3) is 5.23. The summed E-state index contributed by atoms with van der Waals surface area (Å²) in [4.78, 5) is 44.9. The Morgan fingerprint density at radius 2 is 2.00 bits per heavy atom. The Kier molecular flexibility index (Phi) is 5.63. The molecule has 10 nitrogen and oxygen atoms in total. The highest BCUT2D eigenvalue weighted by atomic mass is 16.4. The molecule has 0 aromatic carbocycles. The van der Waals surface area contributed by atoms with Crippen molar-refractivity contribution in [3.05, 3.63) is 39.6 Å².